The van der Waals surface area contributed by atoms with E-state index in [-0.39, 0.29) is 12.1 Å². The Balaban J connectivity index is 2.54. The maximum Gasteiger partial charge on any atom is 0.303 e. The van der Waals surface area contributed by atoms with Gasteiger partial charge in [0.25, 0.3) is 5.91 Å². The molecule has 92 valence electrons. The summed E-state index contributed by atoms with van der Waals surface area (Å²) in [4.78, 5) is 22.9. The van der Waals surface area contributed by atoms with Crippen LogP contribution in [-0.4, -0.2) is 40.8 Å². The molecule has 7 heteroatoms. The average Bonchev–Trinajstić information content (AvgIpc) is 2.28. The molecule has 3 N–H and O–H groups in total. The first kappa shape index (κ1) is 12.9. The van der Waals surface area contributed by atoms with Crippen molar-refractivity contribution >= 4 is 17.7 Å². The van der Waals surface area contributed by atoms with E-state index in [1.165, 1.54) is 6.07 Å². The number of hydrogen-bond acceptors (Lipinski definition) is 5. The van der Waals surface area contributed by atoms with Crippen LogP contribution in [0.3, 0.4) is 0 Å². The monoisotopic (exact) mass is 238 g/mol. The lowest BCUT2D eigenvalue weighted by Gasteiger charge is -2.16. The predicted molar refractivity (Wildman–Crippen MR) is 60.7 cm³/mol. The molecular weight excluding hydrogens is 224 g/mol. The van der Waals surface area contributed by atoms with Crippen molar-refractivity contribution in [1.29, 1.82) is 0 Å². The second-order valence-corrected chi connectivity index (χ2v) is 3.56. The van der Waals surface area contributed by atoms with Gasteiger partial charge in [-0.2, -0.15) is 0 Å². The Hall–Kier alpha value is -2.18. The van der Waals surface area contributed by atoms with E-state index in [4.69, 9.17) is 10.8 Å². The molecule has 1 aromatic heterocycles. The topological polar surface area (TPSA) is 109 Å². The summed E-state index contributed by atoms with van der Waals surface area (Å²) in [5.74, 6) is -0.883. The van der Waals surface area contributed by atoms with Crippen molar-refractivity contribution in [3.63, 3.8) is 0 Å². The van der Waals surface area contributed by atoms with Gasteiger partial charge in [-0.3, -0.25) is 9.59 Å². The van der Waals surface area contributed by atoms with Crippen LogP contribution >= 0.6 is 0 Å². The molecule has 0 aliphatic heterocycles. The van der Waals surface area contributed by atoms with Crippen LogP contribution in [0.1, 0.15) is 23.3 Å². The number of anilines is 1. The number of carbonyl (C=O) groups is 2. The predicted octanol–water partition coefficient (Wildman–Crippen LogP) is -0.124. The van der Waals surface area contributed by atoms with Crippen LogP contribution in [0.4, 0.5) is 5.82 Å². The third-order valence-electron chi connectivity index (χ3n) is 2.18. The number of amides is 1. The first-order chi connectivity index (χ1) is 8.00. The van der Waals surface area contributed by atoms with Gasteiger partial charge in [-0.25, -0.2) is 0 Å². The van der Waals surface area contributed by atoms with Gasteiger partial charge >= 0.3 is 5.97 Å². The van der Waals surface area contributed by atoms with E-state index in [1.54, 1.807) is 18.0 Å². The van der Waals surface area contributed by atoms with Crippen LogP contribution in [0.2, 0.25) is 0 Å². The molecule has 0 fully saturated rings. The van der Waals surface area contributed by atoms with Crippen LogP contribution < -0.4 is 10.6 Å². The quantitative estimate of drug-likeness (QED) is 0.714. The van der Waals surface area contributed by atoms with Gasteiger partial charge in [0.1, 0.15) is 0 Å². The summed E-state index contributed by atoms with van der Waals surface area (Å²) in [5.41, 5.74) is 5.14. The minimum atomic E-state index is -0.825. The minimum absolute atomic E-state index is 0.104. The molecule has 0 saturated carbocycles. The molecule has 7 nitrogen and oxygen atoms in total. The van der Waals surface area contributed by atoms with Gasteiger partial charge in [-0.05, 0) is 18.6 Å². The number of hydrogen-bond donors (Lipinski definition) is 2. The zero-order valence-electron chi connectivity index (χ0n) is 9.46. The standard InChI is InChI=1S/C10H14N4O3/c1-14(6-2-3-9(15)16)8-5-4-7(10(11)17)12-13-8/h4-5H,2-3,6H2,1H3,(H2,11,17)(H,15,16). The van der Waals surface area contributed by atoms with Crippen molar-refractivity contribution in [2.45, 2.75) is 12.8 Å². The molecule has 0 radical (unpaired) electrons. The van der Waals surface area contributed by atoms with Crippen molar-refractivity contribution < 1.29 is 14.7 Å². The van der Waals surface area contributed by atoms with E-state index in [9.17, 15) is 9.59 Å². The van der Waals surface area contributed by atoms with Crippen LogP contribution in [0, 0.1) is 0 Å². The third-order valence-corrected chi connectivity index (χ3v) is 2.18. The summed E-state index contributed by atoms with van der Waals surface area (Å²) >= 11 is 0. The minimum Gasteiger partial charge on any atom is -0.481 e. The number of carboxylic acids is 1. The summed E-state index contributed by atoms with van der Waals surface area (Å²) in [7, 11) is 1.77. The summed E-state index contributed by atoms with van der Waals surface area (Å²) in [6.45, 7) is 0.552. The number of aliphatic carboxylic acids is 1. The Bertz CT molecular complexity index is 405. The molecule has 17 heavy (non-hydrogen) atoms. The van der Waals surface area contributed by atoms with Crippen molar-refractivity contribution in [1.82, 2.24) is 10.2 Å². The van der Waals surface area contributed by atoms with Crippen LogP contribution in [-0.2, 0) is 4.79 Å². The Morgan fingerprint density at radius 3 is 2.59 bits per heavy atom. The SMILES string of the molecule is CN(CCCC(=O)O)c1ccc(C(N)=O)nn1. The fourth-order valence-electron chi connectivity index (χ4n) is 1.24. The number of nitrogens with zero attached hydrogens (tertiary/aromatic N) is 3. The molecule has 1 rings (SSSR count). The average molecular weight is 238 g/mol. The highest BCUT2D eigenvalue weighted by Crippen LogP contribution is 2.08. The number of primary amides is 1. The molecule has 0 atom stereocenters. The highest BCUT2D eigenvalue weighted by Gasteiger charge is 2.07. The van der Waals surface area contributed by atoms with E-state index in [1.807, 2.05) is 0 Å². The molecule has 0 spiro atoms. The van der Waals surface area contributed by atoms with E-state index >= 15 is 0 Å². The van der Waals surface area contributed by atoms with E-state index in [0.717, 1.165) is 0 Å². The largest absolute Gasteiger partial charge is 0.481 e. The maximum atomic E-state index is 10.8. The van der Waals surface area contributed by atoms with Crippen LogP contribution in [0.25, 0.3) is 0 Å². The fraction of sp³-hybridized carbons (Fsp3) is 0.400. The van der Waals surface area contributed by atoms with Gasteiger partial charge in [-0.15, -0.1) is 10.2 Å². The van der Waals surface area contributed by atoms with Crippen LogP contribution in [0.15, 0.2) is 12.1 Å². The number of rotatable bonds is 6. The molecule has 0 unspecified atom stereocenters. The lowest BCUT2D eigenvalue weighted by molar-refractivity contribution is -0.137. The summed E-state index contributed by atoms with van der Waals surface area (Å²) in [5, 5.41) is 16.0. The van der Waals surface area contributed by atoms with Gasteiger partial charge in [-0.1, -0.05) is 0 Å². The second-order valence-electron chi connectivity index (χ2n) is 3.56. The Morgan fingerprint density at radius 1 is 1.41 bits per heavy atom. The zero-order chi connectivity index (χ0) is 12.8. The molecule has 0 aliphatic rings. The third kappa shape index (κ3) is 4.06. The molecule has 0 saturated heterocycles. The number of aromatic nitrogens is 2. The Labute approximate surface area is 98.2 Å². The lowest BCUT2D eigenvalue weighted by atomic mass is 10.3. The van der Waals surface area contributed by atoms with Crippen LogP contribution in [0.5, 0.6) is 0 Å². The van der Waals surface area contributed by atoms with Gasteiger partial charge in [0, 0.05) is 20.0 Å². The number of nitrogens with two attached hydrogens (primary N) is 1. The second kappa shape index (κ2) is 5.78. The highest BCUT2D eigenvalue weighted by molar-refractivity contribution is 5.90. The summed E-state index contributed by atoms with van der Waals surface area (Å²) in [6.07, 6.45) is 0.627. The first-order valence-corrected chi connectivity index (χ1v) is 5.07. The van der Waals surface area contributed by atoms with Gasteiger partial charge in [0.05, 0.1) is 0 Å². The lowest BCUT2D eigenvalue weighted by Crippen LogP contribution is -2.22. The molecule has 1 aromatic rings. The van der Waals surface area contributed by atoms with Crippen molar-refractivity contribution in [3.05, 3.63) is 17.8 Å². The molecule has 0 bridgehead atoms. The highest BCUT2D eigenvalue weighted by atomic mass is 16.4. The molecule has 1 amide bonds. The normalized spacial score (nSPS) is 9.94. The van der Waals surface area contributed by atoms with Crippen molar-refractivity contribution in [2.24, 2.45) is 5.73 Å². The van der Waals surface area contributed by atoms with Crippen molar-refractivity contribution in [3.8, 4) is 0 Å². The Kier molecular flexibility index (Phi) is 4.38. The van der Waals surface area contributed by atoms with E-state index in [2.05, 4.69) is 10.2 Å². The maximum absolute atomic E-state index is 10.8. The molecule has 0 aromatic carbocycles. The smallest absolute Gasteiger partial charge is 0.303 e. The van der Waals surface area contributed by atoms with Gasteiger partial charge in [0.15, 0.2) is 11.5 Å². The molecule has 0 aliphatic carbocycles. The Morgan fingerprint density at radius 2 is 2.12 bits per heavy atom. The van der Waals surface area contributed by atoms with Gasteiger partial charge < -0.3 is 15.7 Å². The fourth-order valence-corrected chi connectivity index (χ4v) is 1.24. The summed E-state index contributed by atoms with van der Waals surface area (Å²) in [6, 6.07) is 3.10. The van der Waals surface area contributed by atoms with E-state index < -0.39 is 11.9 Å². The number of carbonyl (C=O) groups excluding carboxylic acids is 1. The summed E-state index contributed by atoms with van der Waals surface area (Å²) < 4.78 is 0. The molecule has 1 heterocycles. The van der Waals surface area contributed by atoms with Gasteiger partial charge in [0.2, 0.25) is 0 Å². The van der Waals surface area contributed by atoms with Crippen molar-refractivity contribution in [2.75, 3.05) is 18.5 Å². The van der Waals surface area contributed by atoms with E-state index in [0.29, 0.717) is 18.8 Å². The molecular formula is C10H14N4O3. The number of carboxylic acid groups (broad SMARTS) is 1. The first-order valence-electron chi connectivity index (χ1n) is 5.07. The zero-order valence-corrected chi connectivity index (χ0v) is 9.46.